The lowest BCUT2D eigenvalue weighted by atomic mass is 9.83. The Balaban J connectivity index is 2.01. The molecule has 1 N–H and O–H groups in total. The molecule has 2 aliphatic rings. The Labute approximate surface area is 114 Å². The first-order valence-electron chi connectivity index (χ1n) is 8.13. The van der Waals surface area contributed by atoms with E-state index in [2.05, 4.69) is 31.2 Å². The minimum absolute atomic E-state index is 0.714. The Morgan fingerprint density at radius 1 is 0.833 bits per heavy atom. The lowest BCUT2D eigenvalue weighted by Crippen LogP contribution is -2.53. The summed E-state index contributed by atoms with van der Waals surface area (Å²) in [5, 5.41) is 3.59. The molecule has 0 amide bonds. The highest BCUT2D eigenvalue weighted by atomic mass is 15.2. The van der Waals surface area contributed by atoms with E-state index in [-0.39, 0.29) is 0 Å². The maximum Gasteiger partial charge on any atom is 0.0249 e. The number of likely N-dealkylation sites (N-methyl/N-ethyl adjacent to an activating group) is 2. The highest BCUT2D eigenvalue weighted by molar-refractivity contribution is 4.90. The van der Waals surface area contributed by atoms with Crippen LogP contribution in [0.5, 0.6) is 0 Å². The summed E-state index contributed by atoms with van der Waals surface area (Å²) < 4.78 is 0. The molecular weight excluding hydrogens is 220 g/mol. The molecule has 0 aromatic heterocycles. The summed E-state index contributed by atoms with van der Waals surface area (Å²) >= 11 is 0. The van der Waals surface area contributed by atoms with Crippen molar-refractivity contribution in [2.75, 3.05) is 14.1 Å². The summed E-state index contributed by atoms with van der Waals surface area (Å²) in [6.07, 6.45) is 12.8. The van der Waals surface area contributed by atoms with Crippen LogP contribution in [0.1, 0.15) is 64.7 Å². The SMILES string of the molecule is CNC1CCCCCC1N(C)C1CCCCC1C. The Morgan fingerprint density at radius 2 is 1.44 bits per heavy atom. The predicted molar refractivity (Wildman–Crippen MR) is 78.9 cm³/mol. The van der Waals surface area contributed by atoms with Crippen molar-refractivity contribution < 1.29 is 0 Å². The molecule has 2 nitrogen and oxygen atoms in total. The van der Waals surface area contributed by atoms with Crippen LogP contribution in [0.15, 0.2) is 0 Å². The molecular formula is C16H32N2. The molecule has 2 saturated carbocycles. The topological polar surface area (TPSA) is 15.3 Å². The van der Waals surface area contributed by atoms with E-state index < -0.39 is 0 Å². The molecule has 106 valence electrons. The average Bonchev–Trinajstić information content (AvgIpc) is 2.63. The van der Waals surface area contributed by atoms with Crippen LogP contribution in [0, 0.1) is 5.92 Å². The van der Waals surface area contributed by atoms with E-state index in [1.54, 1.807) is 0 Å². The summed E-state index contributed by atoms with van der Waals surface area (Å²) in [6, 6.07) is 2.31. The predicted octanol–water partition coefficient (Wildman–Crippen LogP) is 3.42. The molecule has 0 radical (unpaired) electrons. The van der Waals surface area contributed by atoms with Crippen LogP contribution in [0.25, 0.3) is 0 Å². The third-order valence-electron chi connectivity index (χ3n) is 5.46. The van der Waals surface area contributed by atoms with Crippen molar-refractivity contribution in [3.05, 3.63) is 0 Å². The lowest BCUT2D eigenvalue weighted by molar-refractivity contribution is 0.0742. The van der Waals surface area contributed by atoms with Crippen molar-refractivity contribution in [1.82, 2.24) is 10.2 Å². The van der Waals surface area contributed by atoms with Crippen LogP contribution in [-0.4, -0.2) is 37.1 Å². The summed E-state index contributed by atoms with van der Waals surface area (Å²) in [4.78, 5) is 2.75. The van der Waals surface area contributed by atoms with E-state index >= 15 is 0 Å². The second-order valence-electron chi connectivity index (χ2n) is 6.60. The standard InChI is InChI=1S/C16H32N2/c1-13-9-7-8-11-15(13)18(3)16-12-6-4-5-10-14(16)17-2/h13-17H,4-12H2,1-3H3. The summed E-state index contributed by atoms with van der Waals surface area (Å²) in [5.41, 5.74) is 0. The quantitative estimate of drug-likeness (QED) is 0.774. The molecule has 0 aromatic rings. The van der Waals surface area contributed by atoms with E-state index in [1.807, 2.05) is 0 Å². The molecule has 4 atom stereocenters. The van der Waals surface area contributed by atoms with Gasteiger partial charge in [-0.1, -0.05) is 39.0 Å². The molecule has 18 heavy (non-hydrogen) atoms. The van der Waals surface area contributed by atoms with Crippen LogP contribution in [0.2, 0.25) is 0 Å². The van der Waals surface area contributed by atoms with E-state index in [9.17, 15) is 0 Å². The second kappa shape index (κ2) is 6.91. The summed E-state index contributed by atoms with van der Waals surface area (Å²) in [6.45, 7) is 2.46. The Kier molecular flexibility index (Phi) is 5.50. The van der Waals surface area contributed by atoms with Crippen LogP contribution in [0.4, 0.5) is 0 Å². The van der Waals surface area contributed by atoms with Gasteiger partial charge in [-0.05, 0) is 45.7 Å². The molecule has 0 spiro atoms. The Hall–Kier alpha value is -0.0800. The minimum Gasteiger partial charge on any atom is -0.315 e. The molecule has 2 heteroatoms. The van der Waals surface area contributed by atoms with Crippen LogP contribution >= 0.6 is 0 Å². The zero-order valence-electron chi connectivity index (χ0n) is 12.6. The van der Waals surface area contributed by atoms with Crippen molar-refractivity contribution in [2.45, 2.75) is 82.8 Å². The van der Waals surface area contributed by atoms with Gasteiger partial charge in [-0.2, -0.15) is 0 Å². The largest absolute Gasteiger partial charge is 0.315 e. The monoisotopic (exact) mass is 252 g/mol. The van der Waals surface area contributed by atoms with Gasteiger partial charge < -0.3 is 5.32 Å². The third kappa shape index (κ3) is 3.27. The van der Waals surface area contributed by atoms with E-state index in [0.29, 0.717) is 6.04 Å². The Morgan fingerprint density at radius 3 is 2.17 bits per heavy atom. The molecule has 4 unspecified atom stereocenters. The number of nitrogens with one attached hydrogen (secondary N) is 1. The fourth-order valence-corrected chi connectivity index (χ4v) is 4.26. The van der Waals surface area contributed by atoms with Crippen molar-refractivity contribution in [2.24, 2.45) is 5.92 Å². The van der Waals surface area contributed by atoms with Crippen molar-refractivity contribution in [1.29, 1.82) is 0 Å². The average molecular weight is 252 g/mol. The maximum atomic E-state index is 3.59. The van der Waals surface area contributed by atoms with Gasteiger partial charge in [-0.3, -0.25) is 4.90 Å². The van der Waals surface area contributed by atoms with Crippen molar-refractivity contribution >= 4 is 0 Å². The second-order valence-corrected chi connectivity index (χ2v) is 6.60. The van der Waals surface area contributed by atoms with E-state index in [1.165, 1.54) is 57.8 Å². The molecule has 0 bridgehead atoms. The molecule has 0 aliphatic heterocycles. The van der Waals surface area contributed by atoms with Crippen molar-refractivity contribution in [3.8, 4) is 0 Å². The highest BCUT2D eigenvalue weighted by Gasteiger charge is 2.33. The molecule has 0 saturated heterocycles. The zero-order chi connectivity index (χ0) is 13.0. The van der Waals surface area contributed by atoms with Crippen LogP contribution in [-0.2, 0) is 0 Å². The van der Waals surface area contributed by atoms with E-state index in [0.717, 1.165) is 18.0 Å². The minimum atomic E-state index is 0.714. The van der Waals surface area contributed by atoms with E-state index in [4.69, 9.17) is 0 Å². The fraction of sp³-hybridized carbons (Fsp3) is 1.00. The van der Waals surface area contributed by atoms with Gasteiger partial charge in [-0.25, -0.2) is 0 Å². The first-order chi connectivity index (χ1) is 8.74. The first-order valence-corrected chi connectivity index (χ1v) is 8.13. The number of hydrogen-bond donors (Lipinski definition) is 1. The van der Waals surface area contributed by atoms with Gasteiger partial charge in [0.05, 0.1) is 0 Å². The molecule has 2 aliphatic carbocycles. The van der Waals surface area contributed by atoms with Gasteiger partial charge in [0.1, 0.15) is 0 Å². The molecule has 2 rings (SSSR count). The van der Waals surface area contributed by atoms with Gasteiger partial charge in [0.2, 0.25) is 0 Å². The van der Waals surface area contributed by atoms with Gasteiger partial charge in [-0.15, -0.1) is 0 Å². The normalized spacial score (nSPS) is 38.7. The molecule has 0 aromatic carbocycles. The maximum absolute atomic E-state index is 3.59. The molecule has 2 fully saturated rings. The Bertz CT molecular complexity index is 241. The lowest BCUT2D eigenvalue weighted by Gasteiger charge is -2.43. The zero-order valence-corrected chi connectivity index (χ0v) is 12.6. The van der Waals surface area contributed by atoms with Crippen LogP contribution in [0.3, 0.4) is 0 Å². The van der Waals surface area contributed by atoms with Crippen molar-refractivity contribution in [3.63, 3.8) is 0 Å². The van der Waals surface area contributed by atoms with Gasteiger partial charge in [0, 0.05) is 18.1 Å². The van der Waals surface area contributed by atoms with Crippen LogP contribution < -0.4 is 5.32 Å². The summed E-state index contributed by atoms with van der Waals surface area (Å²) in [5.74, 6) is 0.893. The summed E-state index contributed by atoms with van der Waals surface area (Å²) in [7, 11) is 4.55. The number of rotatable bonds is 3. The molecule has 0 heterocycles. The van der Waals surface area contributed by atoms with Gasteiger partial charge in [0.15, 0.2) is 0 Å². The fourth-order valence-electron chi connectivity index (χ4n) is 4.26. The van der Waals surface area contributed by atoms with Gasteiger partial charge in [0.25, 0.3) is 0 Å². The third-order valence-corrected chi connectivity index (χ3v) is 5.46. The number of hydrogen-bond acceptors (Lipinski definition) is 2. The number of nitrogens with zero attached hydrogens (tertiary/aromatic N) is 1. The highest BCUT2D eigenvalue weighted by Crippen LogP contribution is 2.31. The van der Waals surface area contributed by atoms with Gasteiger partial charge >= 0.3 is 0 Å². The first kappa shape index (κ1) is 14.3. The smallest absolute Gasteiger partial charge is 0.0249 e.